The van der Waals surface area contributed by atoms with Crippen molar-refractivity contribution in [2.45, 2.75) is 25.8 Å². The molecule has 0 spiro atoms. The summed E-state index contributed by atoms with van der Waals surface area (Å²) in [5.41, 5.74) is 3.54. The average Bonchev–Trinajstić information content (AvgIpc) is 3.19. The number of hydrogen-bond donors (Lipinski definition) is 0. The van der Waals surface area contributed by atoms with Crippen LogP contribution in [0.5, 0.6) is 0 Å². The van der Waals surface area contributed by atoms with E-state index >= 15 is 0 Å². The van der Waals surface area contributed by atoms with Crippen LogP contribution in [0, 0.1) is 6.92 Å². The summed E-state index contributed by atoms with van der Waals surface area (Å²) in [4.78, 5) is 7.15. The largest absolute Gasteiger partial charge is 0.341 e. The lowest BCUT2D eigenvalue weighted by Gasteiger charge is -2.29. The Morgan fingerprint density at radius 1 is 0.920 bits per heavy atom. The first-order valence-electron chi connectivity index (χ1n) is 8.96. The molecule has 0 unspecified atom stereocenters. The molecule has 0 radical (unpaired) electrons. The van der Waals surface area contributed by atoms with E-state index in [0.717, 1.165) is 43.3 Å². The molecule has 2 aromatic heterocycles. The molecule has 3 aromatic rings. The average molecular weight is 335 g/mol. The maximum Gasteiger partial charge on any atom is 0.175 e. The van der Waals surface area contributed by atoms with E-state index in [1.165, 1.54) is 11.3 Å². The molecule has 0 amide bonds. The third kappa shape index (κ3) is 3.00. The molecule has 1 saturated heterocycles. The topological polar surface area (TPSA) is 38.9 Å². The van der Waals surface area contributed by atoms with Gasteiger partial charge in [0.2, 0.25) is 0 Å². The standard InChI is InChI=1S/C20H25N5/c1-15-21-20(25(22-15)17-11-13-23(2)14-12-17)19-10-9-18(24(19)3)16-7-5-4-6-8-16/h4-10,17H,11-14H2,1-3H3. The Kier molecular flexibility index (Phi) is 4.17. The number of likely N-dealkylation sites (tertiary alicyclic amines) is 1. The van der Waals surface area contributed by atoms with Crippen LogP contribution in [0.4, 0.5) is 0 Å². The fraction of sp³-hybridized carbons (Fsp3) is 0.400. The Hall–Kier alpha value is -2.40. The summed E-state index contributed by atoms with van der Waals surface area (Å²) in [7, 11) is 4.30. The second-order valence-electron chi connectivity index (χ2n) is 6.99. The molecule has 0 N–H and O–H groups in total. The third-order valence-corrected chi connectivity index (χ3v) is 5.19. The quantitative estimate of drug-likeness (QED) is 0.735. The summed E-state index contributed by atoms with van der Waals surface area (Å²) >= 11 is 0. The highest BCUT2D eigenvalue weighted by Crippen LogP contribution is 2.30. The molecule has 0 aliphatic carbocycles. The van der Waals surface area contributed by atoms with E-state index in [1.807, 2.05) is 13.0 Å². The van der Waals surface area contributed by atoms with Gasteiger partial charge in [0.15, 0.2) is 5.82 Å². The van der Waals surface area contributed by atoms with Gasteiger partial charge in [-0.15, -0.1) is 0 Å². The maximum absolute atomic E-state index is 4.76. The molecule has 1 aliphatic rings. The van der Waals surface area contributed by atoms with Crippen molar-refractivity contribution >= 4 is 0 Å². The normalized spacial score (nSPS) is 16.4. The molecular weight excluding hydrogens is 310 g/mol. The molecule has 1 aromatic carbocycles. The van der Waals surface area contributed by atoms with Gasteiger partial charge in [-0.3, -0.25) is 0 Å². The van der Waals surface area contributed by atoms with E-state index in [0.29, 0.717) is 6.04 Å². The van der Waals surface area contributed by atoms with E-state index in [9.17, 15) is 0 Å². The zero-order valence-electron chi connectivity index (χ0n) is 15.2. The molecule has 3 heterocycles. The van der Waals surface area contributed by atoms with Crippen molar-refractivity contribution in [3.05, 3.63) is 48.3 Å². The van der Waals surface area contributed by atoms with Crippen molar-refractivity contribution in [2.75, 3.05) is 20.1 Å². The van der Waals surface area contributed by atoms with E-state index in [2.05, 4.69) is 64.6 Å². The lowest BCUT2D eigenvalue weighted by atomic mass is 10.1. The number of benzene rings is 1. The monoisotopic (exact) mass is 335 g/mol. The number of rotatable bonds is 3. The summed E-state index contributed by atoms with van der Waals surface area (Å²) in [6.45, 7) is 4.22. The second-order valence-corrected chi connectivity index (χ2v) is 6.99. The molecule has 4 rings (SSSR count). The van der Waals surface area contributed by atoms with Gasteiger partial charge >= 0.3 is 0 Å². The molecule has 0 bridgehead atoms. The SMILES string of the molecule is Cc1nc(-c2ccc(-c3ccccc3)n2C)n(C2CCN(C)CC2)n1. The minimum Gasteiger partial charge on any atom is -0.341 e. The van der Waals surface area contributed by atoms with Crippen molar-refractivity contribution in [1.82, 2.24) is 24.2 Å². The van der Waals surface area contributed by atoms with Crippen molar-refractivity contribution < 1.29 is 0 Å². The first-order valence-corrected chi connectivity index (χ1v) is 8.96. The van der Waals surface area contributed by atoms with Crippen LogP contribution in [0.15, 0.2) is 42.5 Å². The fourth-order valence-electron chi connectivity index (χ4n) is 3.73. The van der Waals surface area contributed by atoms with E-state index in [-0.39, 0.29) is 0 Å². The summed E-state index contributed by atoms with van der Waals surface area (Å²) in [5.74, 6) is 1.83. The van der Waals surface area contributed by atoms with Crippen LogP contribution < -0.4 is 0 Å². The molecule has 130 valence electrons. The van der Waals surface area contributed by atoms with Crippen molar-refractivity contribution in [1.29, 1.82) is 0 Å². The molecular formula is C20H25N5. The minimum absolute atomic E-state index is 0.433. The lowest BCUT2D eigenvalue weighted by Crippen LogP contribution is -2.32. The van der Waals surface area contributed by atoms with Gasteiger partial charge in [0.25, 0.3) is 0 Å². The Bertz CT molecular complexity index is 854. The molecule has 1 fully saturated rings. The van der Waals surface area contributed by atoms with Crippen molar-refractivity contribution in [3.63, 3.8) is 0 Å². The van der Waals surface area contributed by atoms with Gasteiger partial charge in [0.05, 0.1) is 11.7 Å². The first kappa shape index (κ1) is 16.1. The molecule has 5 heteroatoms. The highest BCUT2D eigenvalue weighted by Gasteiger charge is 2.24. The Labute approximate surface area is 148 Å². The lowest BCUT2D eigenvalue weighted by molar-refractivity contribution is 0.213. The highest BCUT2D eigenvalue weighted by molar-refractivity contribution is 5.66. The van der Waals surface area contributed by atoms with Crippen molar-refractivity contribution in [3.8, 4) is 22.8 Å². The van der Waals surface area contributed by atoms with Crippen LogP contribution in [0.3, 0.4) is 0 Å². The van der Waals surface area contributed by atoms with Gasteiger partial charge in [-0.2, -0.15) is 5.10 Å². The van der Waals surface area contributed by atoms with Gasteiger partial charge < -0.3 is 9.47 Å². The Morgan fingerprint density at radius 3 is 2.32 bits per heavy atom. The van der Waals surface area contributed by atoms with Gasteiger partial charge in [-0.1, -0.05) is 30.3 Å². The minimum atomic E-state index is 0.433. The number of hydrogen-bond acceptors (Lipinski definition) is 3. The molecule has 25 heavy (non-hydrogen) atoms. The predicted octanol–water partition coefficient (Wildman–Crippen LogP) is 3.53. The van der Waals surface area contributed by atoms with Crippen LogP contribution >= 0.6 is 0 Å². The van der Waals surface area contributed by atoms with Crippen LogP contribution in [0.1, 0.15) is 24.7 Å². The van der Waals surface area contributed by atoms with E-state index < -0.39 is 0 Å². The highest BCUT2D eigenvalue weighted by atomic mass is 15.4. The Morgan fingerprint density at radius 2 is 1.60 bits per heavy atom. The number of aryl methyl sites for hydroxylation is 1. The van der Waals surface area contributed by atoms with Crippen LogP contribution in [-0.4, -0.2) is 44.4 Å². The summed E-state index contributed by atoms with van der Waals surface area (Å²) in [6, 6.07) is 15.3. The molecule has 5 nitrogen and oxygen atoms in total. The van der Waals surface area contributed by atoms with Gasteiger partial charge in [-0.25, -0.2) is 9.67 Å². The zero-order chi connectivity index (χ0) is 17.4. The summed E-state index contributed by atoms with van der Waals surface area (Å²) < 4.78 is 4.39. The summed E-state index contributed by atoms with van der Waals surface area (Å²) in [5, 5.41) is 4.73. The zero-order valence-corrected chi connectivity index (χ0v) is 15.2. The second kappa shape index (κ2) is 6.48. The smallest absolute Gasteiger partial charge is 0.175 e. The summed E-state index contributed by atoms with van der Waals surface area (Å²) in [6.07, 6.45) is 2.25. The number of piperidine rings is 1. The van der Waals surface area contributed by atoms with E-state index in [1.54, 1.807) is 0 Å². The molecule has 1 aliphatic heterocycles. The van der Waals surface area contributed by atoms with Crippen LogP contribution in [0.2, 0.25) is 0 Å². The number of aromatic nitrogens is 4. The molecule has 0 saturated carbocycles. The Balaban J connectivity index is 1.73. The number of nitrogens with zero attached hydrogens (tertiary/aromatic N) is 5. The van der Waals surface area contributed by atoms with Crippen LogP contribution in [0.25, 0.3) is 22.8 Å². The van der Waals surface area contributed by atoms with Gasteiger partial charge in [0.1, 0.15) is 5.82 Å². The van der Waals surface area contributed by atoms with Crippen molar-refractivity contribution in [2.24, 2.45) is 7.05 Å². The molecule has 0 atom stereocenters. The van der Waals surface area contributed by atoms with E-state index in [4.69, 9.17) is 10.1 Å². The third-order valence-electron chi connectivity index (χ3n) is 5.19. The maximum atomic E-state index is 4.76. The van der Waals surface area contributed by atoms with Gasteiger partial charge in [0, 0.05) is 12.7 Å². The fourth-order valence-corrected chi connectivity index (χ4v) is 3.73. The van der Waals surface area contributed by atoms with Gasteiger partial charge in [-0.05, 0) is 57.6 Å². The van der Waals surface area contributed by atoms with Crippen LogP contribution in [-0.2, 0) is 7.05 Å². The first-order chi connectivity index (χ1) is 12.1. The predicted molar refractivity (Wildman–Crippen MR) is 100 cm³/mol.